The first-order valence-corrected chi connectivity index (χ1v) is 14.5. The molecule has 0 radical (unpaired) electrons. The Morgan fingerprint density at radius 3 is 2.33 bits per heavy atom. The van der Waals surface area contributed by atoms with Crippen LogP contribution in [-0.2, 0) is 25.7 Å². The summed E-state index contributed by atoms with van der Waals surface area (Å²) in [5.74, 6) is -3.96. The van der Waals surface area contributed by atoms with Crippen LogP contribution in [0.1, 0.15) is 49.7 Å². The molecule has 3 rings (SSSR count). The normalized spacial score (nSPS) is 12.7. The van der Waals surface area contributed by atoms with Crippen molar-refractivity contribution < 1.29 is 37.1 Å². The van der Waals surface area contributed by atoms with E-state index in [9.17, 15) is 41.9 Å². The number of nitrogens with zero attached hydrogens (tertiary/aromatic N) is 4. The van der Waals surface area contributed by atoms with Crippen molar-refractivity contribution >= 4 is 65.3 Å². The zero-order chi connectivity index (χ0) is 34.2. The highest BCUT2D eigenvalue weighted by molar-refractivity contribution is 7.80. The molecule has 2 heterocycles. The molecule has 0 aliphatic heterocycles. The standard InChI is InChI=1S/C28H31F3N8O6S/c1-14(2)23(42)37-27-36-22-21(25(44)38-27)34-18(10-32-22)11-39(26(45)28(29,30)31)19-7-4-16(5-8-19)24(43)35-17(12-40)6-9-20(41)33-15(3)13-46/h4-5,7-8,10,12,14-15,17,46H,6,9,11,13H2,1-3H3,(H,33,41)(H,35,43)(H2,32,36,37,38,42,44)/t15-,17-/m0/s1. The first-order chi connectivity index (χ1) is 21.6. The van der Waals surface area contributed by atoms with Gasteiger partial charge in [-0.2, -0.15) is 30.8 Å². The van der Waals surface area contributed by atoms with Gasteiger partial charge in [-0.3, -0.25) is 39.2 Å². The Morgan fingerprint density at radius 1 is 1.07 bits per heavy atom. The highest BCUT2D eigenvalue weighted by Gasteiger charge is 2.43. The number of H-pyrrole nitrogens is 1. The van der Waals surface area contributed by atoms with Gasteiger partial charge in [0.1, 0.15) is 6.29 Å². The topological polar surface area (TPSA) is 196 Å². The molecule has 0 aliphatic carbocycles. The molecule has 1 aromatic carbocycles. The van der Waals surface area contributed by atoms with E-state index in [-0.39, 0.29) is 58.8 Å². The molecule has 3 aromatic rings. The van der Waals surface area contributed by atoms with Crippen LogP contribution < -0.4 is 26.4 Å². The Morgan fingerprint density at radius 2 is 1.74 bits per heavy atom. The number of aromatic amines is 1. The molecule has 0 spiro atoms. The van der Waals surface area contributed by atoms with Crippen LogP contribution in [0.5, 0.6) is 0 Å². The number of fused-ring (bicyclic) bond motifs is 1. The first kappa shape index (κ1) is 35.6. The number of amides is 4. The highest BCUT2D eigenvalue weighted by Crippen LogP contribution is 2.26. The number of carbonyl (C=O) groups is 5. The number of halogens is 3. The minimum Gasteiger partial charge on any atom is -0.353 e. The van der Waals surface area contributed by atoms with E-state index in [2.05, 4.69) is 48.5 Å². The molecule has 246 valence electrons. The first-order valence-electron chi connectivity index (χ1n) is 13.8. The van der Waals surface area contributed by atoms with Crippen LogP contribution >= 0.6 is 12.6 Å². The lowest BCUT2D eigenvalue weighted by molar-refractivity contribution is -0.170. The molecule has 2 atom stereocenters. The van der Waals surface area contributed by atoms with E-state index in [1.54, 1.807) is 20.8 Å². The smallest absolute Gasteiger partial charge is 0.353 e. The van der Waals surface area contributed by atoms with Crippen molar-refractivity contribution in [2.45, 2.75) is 58.4 Å². The summed E-state index contributed by atoms with van der Waals surface area (Å²) in [5, 5.41) is 7.52. The zero-order valence-corrected chi connectivity index (χ0v) is 25.7. The number of alkyl halides is 3. The Hall–Kier alpha value is -4.87. The van der Waals surface area contributed by atoms with Crippen LogP contribution in [0.2, 0.25) is 0 Å². The minimum atomic E-state index is -5.29. The van der Waals surface area contributed by atoms with Gasteiger partial charge in [-0.15, -0.1) is 0 Å². The zero-order valence-electron chi connectivity index (χ0n) is 24.8. The summed E-state index contributed by atoms with van der Waals surface area (Å²) in [4.78, 5) is 87.7. The average Bonchev–Trinajstić information content (AvgIpc) is 3.01. The van der Waals surface area contributed by atoms with Gasteiger partial charge in [0.05, 0.1) is 24.5 Å². The summed E-state index contributed by atoms with van der Waals surface area (Å²) in [6, 6.07) is 3.28. The Kier molecular flexibility index (Phi) is 11.9. The maximum absolute atomic E-state index is 13.6. The van der Waals surface area contributed by atoms with E-state index < -0.39 is 48.0 Å². The fraction of sp³-hybridized carbons (Fsp3) is 0.393. The van der Waals surface area contributed by atoms with Crippen molar-refractivity contribution in [1.82, 2.24) is 30.6 Å². The third kappa shape index (κ3) is 9.56. The van der Waals surface area contributed by atoms with Crippen LogP contribution in [-0.4, -0.2) is 73.9 Å². The van der Waals surface area contributed by atoms with Gasteiger partial charge < -0.3 is 15.4 Å². The molecule has 0 unspecified atom stereocenters. The summed E-state index contributed by atoms with van der Waals surface area (Å²) in [6.07, 6.45) is -3.85. The van der Waals surface area contributed by atoms with Crippen molar-refractivity contribution in [1.29, 1.82) is 0 Å². The van der Waals surface area contributed by atoms with Gasteiger partial charge in [-0.25, -0.2) is 9.97 Å². The summed E-state index contributed by atoms with van der Waals surface area (Å²) in [7, 11) is 0. The highest BCUT2D eigenvalue weighted by atomic mass is 32.1. The predicted octanol–water partition coefficient (Wildman–Crippen LogP) is 1.92. The molecule has 18 heteroatoms. The second-order valence-corrected chi connectivity index (χ2v) is 10.8. The Labute approximate surface area is 265 Å². The lowest BCUT2D eigenvalue weighted by Crippen LogP contribution is -2.41. The Balaban J connectivity index is 1.80. The molecule has 46 heavy (non-hydrogen) atoms. The third-order valence-corrected chi connectivity index (χ3v) is 6.87. The fourth-order valence-electron chi connectivity index (χ4n) is 3.84. The number of anilines is 2. The molecule has 0 saturated carbocycles. The van der Waals surface area contributed by atoms with Gasteiger partial charge in [0.15, 0.2) is 11.2 Å². The number of hydrogen-bond donors (Lipinski definition) is 5. The van der Waals surface area contributed by atoms with Gasteiger partial charge in [-0.1, -0.05) is 13.8 Å². The number of thiol groups is 1. The van der Waals surface area contributed by atoms with Gasteiger partial charge >= 0.3 is 12.1 Å². The van der Waals surface area contributed by atoms with Crippen molar-refractivity contribution in [3.63, 3.8) is 0 Å². The van der Waals surface area contributed by atoms with E-state index >= 15 is 0 Å². The maximum Gasteiger partial charge on any atom is 0.471 e. The summed E-state index contributed by atoms with van der Waals surface area (Å²) in [5.41, 5.74) is -1.86. The second kappa shape index (κ2) is 15.4. The maximum atomic E-state index is 13.6. The fourth-order valence-corrected chi connectivity index (χ4v) is 3.94. The van der Waals surface area contributed by atoms with Crippen molar-refractivity contribution in [2.75, 3.05) is 16.0 Å². The van der Waals surface area contributed by atoms with Crippen LogP contribution in [0.25, 0.3) is 11.2 Å². The lowest BCUT2D eigenvalue weighted by atomic mass is 10.1. The molecular weight excluding hydrogens is 633 g/mol. The molecule has 14 nitrogen and oxygen atoms in total. The van der Waals surface area contributed by atoms with E-state index in [0.717, 1.165) is 30.5 Å². The van der Waals surface area contributed by atoms with E-state index in [1.165, 1.54) is 0 Å². The third-order valence-electron chi connectivity index (χ3n) is 6.33. The van der Waals surface area contributed by atoms with Crippen LogP contribution in [0.3, 0.4) is 0 Å². The molecule has 0 saturated heterocycles. The van der Waals surface area contributed by atoms with Crippen LogP contribution in [0.15, 0.2) is 35.3 Å². The van der Waals surface area contributed by atoms with Crippen molar-refractivity contribution in [3.8, 4) is 0 Å². The number of aldehydes is 1. The minimum absolute atomic E-state index is 0.00531. The molecule has 0 bridgehead atoms. The molecule has 0 aliphatic rings. The quantitative estimate of drug-likeness (QED) is 0.134. The predicted molar refractivity (Wildman–Crippen MR) is 163 cm³/mol. The van der Waals surface area contributed by atoms with Gasteiger partial charge in [0, 0.05) is 35.4 Å². The monoisotopic (exact) mass is 664 g/mol. The van der Waals surface area contributed by atoms with Crippen LogP contribution in [0.4, 0.5) is 24.8 Å². The number of aromatic nitrogens is 4. The largest absolute Gasteiger partial charge is 0.471 e. The van der Waals surface area contributed by atoms with E-state index in [0.29, 0.717) is 16.9 Å². The van der Waals surface area contributed by atoms with E-state index in [1.807, 2.05) is 0 Å². The number of benzene rings is 1. The molecule has 4 amide bonds. The summed E-state index contributed by atoms with van der Waals surface area (Å²) >= 11 is 4.07. The number of carbonyl (C=O) groups excluding carboxylic acids is 5. The molecule has 2 aromatic heterocycles. The van der Waals surface area contributed by atoms with Gasteiger partial charge in [-0.05, 0) is 37.6 Å². The number of nitrogens with one attached hydrogen (secondary N) is 4. The summed E-state index contributed by atoms with van der Waals surface area (Å²) in [6.45, 7) is 4.23. The average molecular weight is 665 g/mol. The number of rotatable bonds is 13. The van der Waals surface area contributed by atoms with Gasteiger partial charge in [0.2, 0.25) is 17.8 Å². The van der Waals surface area contributed by atoms with Crippen LogP contribution in [0, 0.1) is 5.92 Å². The second-order valence-electron chi connectivity index (χ2n) is 10.4. The molecular formula is C28H31F3N8O6S. The summed E-state index contributed by atoms with van der Waals surface area (Å²) < 4.78 is 40.7. The SMILES string of the molecule is CC(C)C(=O)Nc1nc2ncc(CN(C(=O)C(F)(F)F)c3ccc(C(=O)N[C@H](C=O)CCC(=O)N[C@@H](C)CS)cc3)nc2c(=O)[nH]1. The molecule has 0 fully saturated rings. The molecule has 4 N–H and O–H groups in total. The van der Waals surface area contributed by atoms with Crippen molar-refractivity contribution in [2.24, 2.45) is 5.92 Å². The number of hydrogen-bond acceptors (Lipinski definition) is 10. The van der Waals surface area contributed by atoms with Gasteiger partial charge in [0.25, 0.3) is 11.5 Å². The Bertz CT molecular complexity index is 1670. The van der Waals surface area contributed by atoms with E-state index in [4.69, 9.17) is 0 Å². The van der Waals surface area contributed by atoms with Crippen molar-refractivity contribution in [3.05, 3.63) is 52.1 Å². The lowest BCUT2D eigenvalue weighted by Gasteiger charge is -2.24.